The van der Waals surface area contributed by atoms with Crippen molar-refractivity contribution in [3.8, 4) is 5.69 Å². The summed E-state index contributed by atoms with van der Waals surface area (Å²) in [5, 5.41) is 11.9. The Bertz CT molecular complexity index is 910. The van der Waals surface area contributed by atoms with E-state index in [1.54, 1.807) is 53.5 Å². The number of benzene rings is 2. The van der Waals surface area contributed by atoms with Crippen LogP contribution in [0.3, 0.4) is 0 Å². The third kappa shape index (κ3) is 5.40. The van der Waals surface area contributed by atoms with E-state index in [-0.39, 0.29) is 24.8 Å². The number of rotatable bonds is 6. The number of carbonyl (C=O) groups excluding carboxylic acids is 2. The van der Waals surface area contributed by atoms with Gasteiger partial charge in [-0.1, -0.05) is 18.2 Å². The van der Waals surface area contributed by atoms with Gasteiger partial charge in [-0.05, 0) is 42.0 Å². The Morgan fingerprint density at radius 2 is 1.85 bits per heavy atom. The molecule has 0 aliphatic carbocycles. The van der Waals surface area contributed by atoms with Crippen LogP contribution in [0.5, 0.6) is 0 Å². The number of nitrogens with zero attached hydrogens (tertiary/aromatic N) is 2. The van der Waals surface area contributed by atoms with Crippen LogP contribution in [0.1, 0.15) is 5.56 Å². The first-order valence-corrected chi connectivity index (χ1v) is 8.26. The zero-order valence-electron chi connectivity index (χ0n) is 14.4. The van der Waals surface area contributed by atoms with Crippen molar-refractivity contribution >= 4 is 17.6 Å². The minimum Gasteiger partial charge on any atom is -0.334 e. The van der Waals surface area contributed by atoms with E-state index < -0.39 is 6.03 Å². The number of nitrogens with one attached hydrogen (secondary N) is 3. The topological polar surface area (TPSA) is 88.0 Å². The van der Waals surface area contributed by atoms with Crippen molar-refractivity contribution in [1.82, 2.24) is 20.4 Å². The molecule has 8 heteroatoms. The monoisotopic (exact) mass is 367 g/mol. The summed E-state index contributed by atoms with van der Waals surface area (Å²) < 4.78 is 14.5. The molecule has 0 atom stereocenters. The Balaban J connectivity index is 1.44. The van der Waals surface area contributed by atoms with Gasteiger partial charge in [0, 0.05) is 24.6 Å². The second-order valence-corrected chi connectivity index (χ2v) is 5.71. The van der Waals surface area contributed by atoms with Gasteiger partial charge in [-0.15, -0.1) is 0 Å². The zero-order chi connectivity index (χ0) is 19.1. The van der Waals surface area contributed by atoms with Crippen LogP contribution >= 0.6 is 0 Å². The Labute approximate surface area is 155 Å². The van der Waals surface area contributed by atoms with Gasteiger partial charge >= 0.3 is 6.03 Å². The molecule has 0 saturated heterocycles. The number of aromatic nitrogens is 2. The number of urea groups is 1. The van der Waals surface area contributed by atoms with Crippen molar-refractivity contribution in [3.05, 3.63) is 78.4 Å². The predicted octanol–water partition coefficient (Wildman–Crippen LogP) is 2.45. The number of amides is 3. The molecule has 1 aromatic heterocycles. The molecule has 3 rings (SSSR count). The molecule has 0 fully saturated rings. The van der Waals surface area contributed by atoms with Crippen LogP contribution in [0, 0.1) is 5.82 Å². The third-order valence-electron chi connectivity index (χ3n) is 3.67. The molecular weight excluding hydrogens is 349 g/mol. The summed E-state index contributed by atoms with van der Waals surface area (Å²) in [5.41, 5.74) is 2.16. The van der Waals surface area contributed by atoms with Gasteiger partial charge in [0.25, 0.3) is 0 Å². The standard InChI is InChI=1S/C19H18FN5O2/c20-15-7-5-14(6-8-15)12-21-19(27)22-13-18(26)24-16-3-1-4-17(11-16)25-10-2-9-23-25/h1-11H,12-13H2,(H,24,26)(H2,21,22,27). The largest absolute Gasteiger partial charge is 0.334 e. The van der Waals surface area contributed by atoms with E-state index in [9.17, 15) is 14.0 Å². The molecule has 0 unspecified atom stereocenters. The normalized spacial score (nSPS) is 10.3. The summed E-state index contributed by atoms with van der Waals surface area (Å²) in [6.45, 7) is 0.0564. The summed E-state index contributed by atoms with van der Waals surface area (Å²) in [5.74, 6) is -0.693. The molecule has 2 aromatic carbocycles. The highest BCUT2D eigenvalue weighted by Gasteiger charge is 2.07. The molecule has 7 nitrogen and oxygen atoms in total. The highest BCUT2D eigenvalue weighted by molar-refractivity contribution is 5.94. The van der Waals surface area contributed by atoms with E-state index in [1.807, 2.05) is 6.07 Å². The third-order valence-corrected chi connectivity index (χ3v) is 3.67. The predicted molar refractivity (Wildman–Crippen MR) is 98.8 cm³/mol. The van der Waals surface area contributed by atoms with Crippen molar-refractivity contribution in [2.24, 2.45) is 0 Å². The fourth-order valence-corrected chi connectivity index (χ4v) is 2.36. The molecule has 0 aliphatic heterocycles. The number of anilines is 1. The molecule has 0 radical (unpaired) electrons. The number of halogens is 1. The lowest BCUT2D eigenvalue weighted by Gasteiger charge is -2.09. The van der Waals surface area contributed by atoms with Crippen molar-refractivity contribution < 1.29 is 14.0 Å². The van der Waals surface area contributed by atoms with Crippen molar-refractivity contribution in [2.75, 3.05) is 11.9 Å². The molecule has 1 heterocycles. The zero-order valence-corrected chi connectivity index (χ0v) is 14.4. The SMILES string of the molecule is O=C(CNC(=O)NCc1ccc(F)cc1)Nc1cccc(-n2cccn2)c1. The van der Waals surface area contributed by atoms with Gasteiger partial charge in [0.05, 0.1) is 12.2 Å². The number of carbonyl (C=O) groups is 2. The molecule has 0 aliphatic rings. The summed E-state index contributed by atoms with van der Waals surface area (Å²) in [7, 11) is 0. The average Bonchev–Trinajstić information content (AvgIpc) is 3.21. The maximum Gasteiger partial charge on any atom is 0.315 e. The Hall–Kier alpha value is -3.68. The van der Waals surface area contributed by atoms with Crippen LogP contribution in [0.2, 0.25) is 0 Å². The minimum absolute atomic E-state index is 0.179. The summed E-state index contributed by atoms with van der Waals surface area (Å²) in [4.78, 5) is 23.8. The van der Waals surface area contributed by atoms with E-state index >= 15 is 0 Å². The lowest BCUT2D eigenvalue weighted by atomic mass is 10.2. The Morgan fingerprint density at radius 3 is 2.59 bits per heavy atom. The maximum absolute atomic E-state index is 12.8. The van der Waals surface area contributed by atoms with Crippen LogP contribution in [0.4, 0.5) is 14.9 Å². The van der Waals surface area contributed by atoms with E-state index in [4.69, 9.17) is 0 Å². The number of hydrogen-bond donors (Lipinski definition) is 3. The van der Waals surface area contributed by atoms with Crippen LogP contribution in [-0.2, 0) is 11.3 Å². The van der Waals surface area contributed by atoms with Gasteiger partial charge in [-0.3, -0.25) is 4.79 Å². The van der Waals surface area contributed by atoms with E-state index in [2.05, 4.69) is 21.0 Å². The van der Waals surface area contributed by atoms with Gasteiger partial charge in [0.2, 0.25) is 5.91 Å². The first kappa shape index (κ1) is 18.1. The molecule has 3 N–H and O–H groups in total. The van der Waals surface area contributed by atoms with Crippen LogP contribution < -0.4 is 16.0 Å². The first-order valence-electron chi connectivity index (χ1n) is 8.26. The summed E-state index contributed by atoms with van der Waals surface area (Å²) >= 11 is 0. The van der Waals surface area contributed by atoms with E-state index in [0.717, 1.165) is 11.3 Å². The van der Waals surface area contributed by atoms with E-state index in [0.29, 0.717) is 5.69 Å². The molecule has 0 bridgehead atoms. The molecule has 3 amide bonds. The lowest BCUT2D eigenvalue weighted by molar-refractivity contribution is -0.115. The Morgan fingerprint density at radius 1 is 1.04 bits per heavy atom. The first-order chi connectivity index (χ1) is 13.1. The molecule has 138 valence electrons. The van der Waals surface area contributed by atoms with Gasteiger partial charge in [-0.2, -0.15) is 5.10 Å². The van der Waals surface area contributed by atoms with E-state index in [1.165, 1.54) is 12.1 Å². The van der Waals surface area contributed by atoms with Crippen LogP contribution in [0.15, 0.2) is 67.0 Å². The smallest absolute Gasteiger partial charge is 0.315 e. The summed E-state index contributed by atoms with van der Waals surface area (Å²) in [6.07, 6.45) is 3.47. The second-order valence-electron chi connectivity index (χ2n) is 5.71. The van der Waals surface area contributed by atoms with Gasteiger partial charge in [0.1, 0.15) is 5.82 Å². The minimum atomic E-state index is -0.486. The maximum atomic E-state index is 12.8. The highest BCUT2D eigenvalue weighted by Crippen LogP contribution is 2.13. The van der Waals surface area contributed by atoms with Gasteiger partial charge in [0.15, 0.2) is 0 Å². The molecule has 3 aromatic rings. The van der Waals surface area contributed by atoms with Crippen LogP contribution in [-0.4, -0.2) is 28.3 Å². The quantitative estimate of drug-likeness (QED) is 0.625. The second kappa shape index (κ2) is 8.61. The molecular formula is C19H18FN5O2. The highest BCUT2D eigenvalue weighted by atomic mass is 19.1. The van der Waals surface area contributed by atoms with Crippen LogP contribution in [0.25, 0.3) is 5.69 Å². The fraction of sp³-hybridized carbons (Fsp3) is 0.105. The van der Waals surface area contributed by atoms with Crippen molar-refractivity contribution in [3.63, 3.8) is 0 Å². The molecule has 0 saturated carbocycles. The lowest BCUT2D eigenvalue weighted by Crippen LogP contribution is -2.39. The molecule has 27 heavy (non-hydrogen) atoms. The average molecular weight is 367 g/mol. The van der Waals surface area contributed by atoms with Gasteiger partial charge in [-0.25, -0.2) is 13.9 Å². The Kier molecular flexibility index (Phi) is 5.78. The summed E-state index contributed by atoms with van der Waals surface area (Å²) in [6, 6.07) is 14.3. The number of hydrogen-bond acceptors (Lipinski definition) is 3. The molecule has 0 spiro atoms. The van der Waals surface area contributed by atoms with Gasteiger partial charge < -0.3 is 16.0 Å². The van der Waals surface area contributed by atoms with Crippen molar-refractivity contribution in [1.29, 1.82) is 0 Å². The van der Waals surface area contributed by atoms with Crippen molar-refractivity contribution in [2.45, 2.75) is 6.54 Å². The fourth-order valence-electron chi connectivity index (χ4n) is 2.36.